The molecule has 1 rings (SSSR count). The number of benzene rings is 1. The maximum absolute atomic E-state index is 12.0. The fraction of sp³-hybridized carbons (Fsp3) is 0.562. The van der Waals surface area contributed by atoms with Crippen molar-refractivity contribution in [1.29, 1.82) is 0 Å². The first-order chi connectivity index (χ1) is 8.91. The van der Waals surface area contributed by atoms with Crippen LogP contribution in [0.3, 0.4) is 0 Å². The zero-order chi connectivity index (χ0) is 14.5. The van der Waals surface area contributed by atoms with Gasteiger partial charge in [-0.15, -0.1) is 11.8 Å². The highest BCUT2D eigenvalue weighted by atomic mass is 32.2. The second-order valence-corrected chi connectivity index (χ2v) is 6.79. The normalized spacial score (nSPS) is 12.1. The first kappa shape index (κ1) is 16.1. The Bertz CT molecular complexity index is 392. The Kier molecular flexibility index (Phi) is 5.92. The van der Waals surface area contributed by atoms with Crippen molar-refractivity contribution in [1.82, 2.24) is 0 Å². The maximum Gasteiger partial charge on any atom is 0.224 e. The van der Waals surface area contributed by atoms with Gasteiger partial charge in [-0.2, -0.15) is 0 Å². The molecular weight excluding hydrogens is 254 g/mol. The van der Waals surface area contributed by atoms with Crippen molar-refractivity contribution in [2.75, 3.05) is 5.75 Å². The molecule has 0 heterocycles. The molecule has 0 bridgehead atoms. The van der Waals surface area contributed by atoms with Crippen LogP contribution in [0, 0.1) is 17.3 Å². The van der Waals surface area contributed by atoms with Gasteiger partial charge in [0.05, 0.1) is 5.41 Å². The third kappa shape index (κ3) is 3.75. The summed E-state index contributed by atoms with van der Waals surface area (Å²) in [6, 6.07) is 10.3. The molecule has 0 atom stereocenters. The Morgan fingerprint density at radius 1 is 1.16 bits per heavy atom. The van der Waals surface area contributed by atoms with Gasteiger partial charge < -0.3 is 5.73 Å². The highest BCUT2D eigenvalue weighted by Crippen LogP contribution is 2.40. The van der Waals surface area contributed by atoms with Crippen LogP contribution < -0.4 is 5.73 Å². The molecule has 0 saturated heterocycles. The SMILES string of the molecule is CC(C)C(CCSc1ccccc1)(C(N)=O)C(C)C. The Labute approximate surface area is 121 Å². The fourth-order valence-corrected chi connectivity index (χ4v) is 3.82. The average Bonchev–Trinajstić information content (AvgIpc) is 2.34. The van der Waals surface area contributed by atoms with Gasteiger partial charge in [-0.25, -0.2) is 0 Å². The Balaban J connectivity index is 2.72. The zero-order valence-corrected chi connectivity index (χ0v) is 13.2. The Morgan fingerprint density at radius 2 is 1.68 bits per heavy atom. The minimum absolute atomic E-state index is 0.161. The summed E-state index contributed by atoms with van der Waals surface area (Å²) in [5, 5.41) is 0. The van der Waals surface area contributed by atoms with Gasteiger partial charge >= 0.3 is 0 Å². The van der Waals surface area contributed by atoms with Crippen molar-refractivity contribution in [3.05, 3.63) is 30.3 Å². The quantitative estimate of drug-likeness (QED) is 0.768. The molecule has 0 aliphatic rings. The van der Waals surface area contributed by atoms with Crippen LogP contribution in [-0.4, -0.2) is 11.7 Å². The van der Waals surface area contributed by atoms with Crippen molar-refractivity contribution in [2.45, 2.75) is 39.0 Å². The van der Waals surface area contributed by atoms with Gasteiger partial charge in [0.15, 0.2) is 0 Å². The van der Waals surface area contributed by atoms with Crippen LogP contribution in [0.15, 0.2) is 35.2 Å². The number of carbonyl (C=O) groups is 1. The monoisotopic (exact) mass is 279 g/mol. The first-order valence-corrected chi connectivity index (χ1v) is 7.87. The van der Waals surface area contributed by atoms with Gasteiger partial charge in [-0.1, -0.05) is 45.9 Å². The van der Waals surface area contributed by atoms with E-state index in [2.05, 4.69) is 39.8 Å². The number of thioether (sulfide) groups is 1. The van der Waals surface area contributed by atoms with Gasteiger partial charge in [0, 0.05) is 4.90 Å². The Morgan fingerprint density at radius 3 is 2.11 bits per heavy atom. The number of amides is 1. The van der Waals surface area contributed by atoms with E-state index in [0.29, 0.717) is 0 Å². The van der Waals surface area contributed by atoms with Gasteiger partial charge in [-0.3, -0.25) is 4.79 Å². The number of rotatable bonds is 7. The molecule has 0 aromatic heterocycles. The largest absolute Gasteiger partial charge is 0.369 e. The molecule has 0 aliphatic heterocycles. The highest BCUT2D eigenvalue weighted by Gasteiger charge is 2.42. The van der Waals surface area contributed by atoms with Crippen molar-refractivity contribution in [3.8, 4) is 0 Å². The second-order valence-electron chi connectivity index (χ2n) is 5.63. The van der Waals surface area contributed by atoms with Crippen LogP contribution >= 0.6 is 11.8 Å². The predicted octanol–water partition coefficient (Wildman–Crippen LogP) is 3.95. The van der Waals surface area contributed by atoms with E-state index in [9.17, 15) is 4.79 Å². The van der Waals surface area contributed by atoms with Crippen molar-refractivity contribution < 1.29 is 4.79 Å². The molecular formula is C16H25NOS. The second kappa shape index (κ2) is 6.99. The van der Waals surface area contributed by atoms with E-state index in [4.69, 9.17) is 5.73 Å². The van der Waals surface area contributed by atoms with Crippen LogP contribution in [-0.2, 0) is 4.79 Å². The molecule has 0 radical (unpaired) electrons. The molecule has 0 spiro atoms. The van der Waals surface area contributed by atoms with Crippen LogP contribution in [0.2, 0.25) is 0 Å². The van der Waals surface area contributed by atoms with Crippen LogP contribution in [0.25, 0.3) is 0 Å². The van der Waals surface area contributed by atoms with E-state index in [1.807, 2.05) is 18.2 Å². The molecule has 0 aliphatic carbocycles. The summed E-state index contributed by atoms with van der Waals surface area (Å²) >= 11 is 1.79. The number of carbonyl (C=O) groups excluding carboxylic acids is 1. The summed E-state index contributed by atoms with van der Waals surface area (Å²) < 4.78 is 0. The number of nitrogens with two attached hydrogens (primary N) is 1. The fourth-order valence-electron chi connectivity index (χ4n) is 2.79. The molecule has 2 N–H and O–H groups in total. The Hall–Kier alpha value is -0.960. The molecule has 1 amide bonds. The topological polar surface area (TPSA) is 43.1 Å². The molecule has 106 valence electrons. The third-order valence-corrected chi connectivity index (χ3v) is 5.06. The van der Waals surface area contributed by atoms with Gasteiger partial charge in [-0.05, 0) is 36.1 Å². The summed E-state index contributed by atoms with van der Waals surface area (Å²) in [7, 11) is 0. The highest BCUT2D eigenvalue weighted by molar-refractivity contribution is 7.99. The molecule has 1 aromatic rings. The van der Waals surface area contributed by atoms with Crippen molar-refractivity contribution in [2.24, 2.45) is 23.0 Å². The third-order valence-electron chi connectivity index (χ3n) is 4.05. The predicted molar refractivity (Wildman–Crippen MR) is 83.1 cm³/mol. The molecule has 0 saturated carbocycles. The summed E-state index contributed by atoms with van der Waals surface area (Å²) in [5.41, 5.74) is 5.30. The summed E-state index contributed by atoms with van der Waals surface area (Å²) in [6.07, 6.45) is 0.831. The first-order valence-electron chi connectivity index (χ1n) is 6.89. The van der Waals surface area contributed by atoms with E-state index < -0.39 is 5.41 Å². The average molecular weight is 279 g/mol. The van der Waals surface area contributed by atoms with Gasteiger partial charge in [0.1, 0.15) is 0 Å². The molecule has 3 heteroatoms. The lowest BCUT2D eigenvalue weighted by Gasteiger charge is -2.38. The summed E-state index contributed by atoms with van der Waals surface area (Å²) in [4.78, 5) is 13.2. The molecule has 2 nitrogen and oxygen atoms in total. The van der Waals surface area contributed by atoms with Gasteiger partial charge in [0.25, 0.3) is 0 Å². The van der Waals surface area contributed by atoms with E-state index in [0.717, 1.165) is 12.2 Å². The molecule has 0 unspecified atom stereocenters. The smallest absolute Gasteiger partial charge is 0.224 e. The van der Waals surface area contributed by atoms with Crippen LogP contribution in [0.4, 0.5) is 0 Å². The molecule has 0 fully saturated rings. The minimum Gasteiger partial charge on any atom is -0.369 e. The van der Waals surface area contributed by atoms with Gasteiger partial charge in [0.2, 0.25) is 5.91 Å². The summed E-state index contributed by atoms with van der Waals surface area (Å²) in [6.45, 7) is 8.38. The number of hydrogen-bond acceptors (Lipinski definition) is 2. The zero-order valence-electron chi connectivity index (χ0n) is 12.3. The minimum atomic E-state index is -0.401. The summed E-state index contributed by atoms with van der Waals surface area (Å²) in [5.74, 6) is 1.29. The lowest BCUT2D eigenvalue weighted by Crippen LogP contribution is -2.46. The number of hydrogen-bond donors (Lipinski definition) is 1. The van der Waals surface area contributed by atoms with Crippen molar-refractivity contribution in [3.63, 3.8) is 0 Å². The lowest BCUT2D eigenvalue weighted by atomic mass is 9.66. The van der Waals surface area contributed by atoms with Crippen molar-refractivity contribution >= 4 is 17.7 Å². The van der Waals surface area contributed by atoms with E-state index in [-0.39, 0.29) is 17.7 Å². The molecule has 1 aromatic carbocycles. The standard InChI is InChI=1S/C16H25NOS/c1-12(2)16(13(3)4,15(17)18)10-11-19-14-8-6-5-7-9-14/h5-9,12-13H,10-11H2,1-4H3,(H2,17,18). The van der Waals surface area contributed by atoms with E-state index in [1.165, 1.54) is 4.90 Å². The van der Waals surface area contributed by atoms with Crippen LogP contribution in [0.1, 0.15) is 34.1 Å². The van der Waals surface area contributed by atoms with E-state index >= 15 is 0 Å². The van der Waals surface area contributed by atoms with Crippen LogP contribution in [0.5, 0.6) is 0 Å². The van der Waals surface area contributed by atoms with E-state index in [1.54, 1.807) is 11.8 Å². The lowest BCUT2D eigenvalue weighted by molar-refractivity contribution is -0.133. The maximum atomic E-state index is 12.0. The number of primary amides is 1. The molecule has 19 heavy (non-hydrogen) atoms.